The molecule has 1 heterocycles. The van der Waals surface area contributed by atoms with Crippen molar-refractivity contribution in [3.63, 3.8) is 0 Å². The van der Waals surface area contributed by atoms with Crippen LogP contribution in [-0.2, 0) is 6.61 Å². The molecule has 1 aliphatic rings. The molecule has 1 aromatic carbocycles. The van der Waals surface area contributed by atoms with Gasteiger partial charge >= 0.3 is 0 Å². The van der Waals surface area contributed by atoms with Crippen molar-refractivity contribution in [3.05, 3.63) is 42.2 Å². The van der Waals surface area contributed by atoms with Crippen molar-refractivity contribution in [2.75, 3.05) is 12.4 Å². The molecule has 0 atom stereocenters. The fourth-order valence-corrected chi connectivity index (χ4v) is 2.70. The first-order valence-electron chi connectivity index (χ1n) is 7.30. The van der Waals surface area contributed by atoms with Crippen molar-refractivity contribution in [2.45, 2.75) is 38.3 Å². The van der Waals surface area contributed by atoms with E-state index in [0.29, 0.717) is 12.6 Å². The molecule has 0 spiro atoms. The summed E-state index contributed by atoms with van der Waals surface area (Å²) in [6.07, 6.45) is 7.25. The number of nitrogens with one attached hydrogen (secondary N) is 1. The van der Waals surface area contributed by atoms with E-state index >= 15 is 0 Å². The van der Waals surface area contributed by atoms with Crippen LogP contribution in [0.1, 0.15) is 37.4 Å². The summed E-state index contributed by atoms with van der Waals surface area (Å²) >= 11 is 0. The first-order valence-corrected chi connectivity index (χ1v) is 7.30. The lowest BCUT2D eigenvalue weighted by Crippen LogP contribution is -2.06. The highest BCUT2D eigenvalue weighted by atomic mass is 16.5. The van der Waals surface area contributed by atoms with Crippen molar-refractivity contribution in [2.24, 2.45) is 0 Å². The van der Waals surface area contributed by atoms with Crippen molar-refractivity contribution in [1.29, 1.82) is 0 Å². The van der Waals surface area contributed by atoms with Gasteiger partial charge in [0.2, 0.25) is 0 Å². The standard InChI is InChI=1S/C16H21N3O/c1-17-13-6-8-16(9-7-13)20-12-14-10-11-19(18-14)15-4-2-3-5-15/h6-11,15,17H,2-5,12H2,1H3. The van der Waals surface area contributed by atoms with Gasteiger partial charge in [-0.3, -0.25) is 4.68 Å². The zero-order valence-electron chi connectivity index (χ0n) is 11.9. The Labute approximate surface area is 119 Å². The monoisotopic (exact) mass is 271 g/mol. The van der Waals surface area contributed by atoms with Gasteiger partial charge in [0.15, 0.2) is 0 Å². The lowest BCUT2D eigenvalue weighted by Gasteiger charge is -2.09. The molecule has 1 saturated carbocycles. The highest BCUT2D eigenvalue weighted by Crippen LogP contribution is 2.28. The van der Waals surface area contributed by atoms with Crippen LogP contribution in [0.5, 0.6) is 5.75 Å². The molecule has 1 fully saturated rings. The largest absolute Gasteiger partial charge is 0.487 e. The third kappa shape index (κ3) is 2.95. The van der Waals surface area contributed by atoms with Crippen molar-refractivity contribution < 1.29 is 4.74 Å². The maximum atomic E-state index is 5.76. The summed E-state index contributed by atoms with van der Waals surface area (Å²) in [6, 6.07) is 10.6. The Morgan fingerprint density at radius 3 is 2.65 bits per heavy atom. The van der Waals surface area contributed by atoms with E-state index < -0.39 is 0 Å². The molecule has 0 bridgehead atoms. The number of hydrogen-bond acceptors (Lipinski definition) is 3. The van der Waals surface area contributed by atoms with Gasteiger partial charge in [0.25, 0.3) is 0 Å². The van der Waals surface area contributed by atoms with E-state index in [4.69, 9.17) is 4.74 Å². The third-order valence-corrected chi connectivity index (χ3v) is 3.89. The second-order valence-electron chi connectivity index (χ2n) is 5.29. The molecule has 20 heavy (non-hydrogen) atoms. The fourth-order valence-electron chi connectivity index (χ4n) is 2.70. The fraction of sp³-hybridized carbons (Fsp3) is 0.438. The lowest BCUT2D eigenvalue weighted by molar-refractivity contribution is 0.298. The molecule has 0 saturated heterocycles. The Morgan fingerprint density at radius 1 is 1.20 bits per heavy atom. The highest BCUT2D eigenvalue weighted by molar-refractivity contribution is 5.45. The van der Waals surface area contributed by atoms with Crippen LogP contribution < -0.4 is 10.1 Å². The third-order valence-electron chi connectivity index (χ3n) is 3.89. The average Bonchev–Trinajstić information content (AvgIpc) is 3.16. The molecule has 0 amide bonds. The number of anilines is 1. The summed E-state index contributed by atoms with van der Waals surface area (Å²) in [5.41, 5.74) is 2.08. The Bertz CT molecular complexity index is 541. The molecule has 0 unspecified atom stereocenters. The molecule has 4 heteroatoms. The Balaban J connectivity index is 1.57. The summed E-state index contributed by atoms with van der Waals surface area (Å²) in [6.45, 7) is 0.526. The number of rotatable bonds is 5. The predicted molar refractivity (Wildman–Crippen MR) is 80.1 cm³/mol. The van der Waals surface area contributed by atoms with Gasteiger partial charge in [-0.1, -0.05) is 12.8 Å². The van der Waals surface area contributed by atoms with Gasteiger partial charge in [-0.2, -0.15) is 5.10 Å². The van der Waals surface area contributed by atoms with E-state index in [0.717, 1.165) is 17.1 Å². The van der Waals surface area contributed by atoms with E-state index in [1.165, 1.54) is 25.7 Å². The van der Waals surface area contributed by atoms with Crippen molar-refractivity contribution >= 4 is 5.69 Å². The van der Waals surface area contributed by atoms with Gasteiger partial charge in [-0.25, -0.2) is 0 Å². The minimum Gasteiger partial charge on any atom is -0.487 e. The lowest BCUT2D eigenvalue weighted by atomic mass is 10.3. The summed E-state index contributed by atoms with van der Waals surface area (Å²) < 4.78 is 7.87. The van der Waals surface area contributed by atoms with Gasteiger partial charge < -0.3 is 10.1 Å². The summed E-state index contributed by atoms with van der Waals surface area (Å²) in [7, 11) is 1.91. The van der Waals surface area contributed by atoms with E-state index in [9.17, 15) is 0 Å². The molecule has 3 rings (SSSR count). The molecule has 2 aromatic rings. The summed E-state index contributed by atoms with van der Waals surface area (Å²) in [4.78, 5) is 0. The van der Waals surface area contributed by atoms with Crippen LogP contribution >= 0.6 is 0 Å². The van der Waals surface area contributed by atoms with Crippen molar-refractivity contribution in [1.82, 2.24) is 9.78 Å². The van der Waals surface area contributed by atoms with Crippen LogP contribution in [0.3, 0.4) is 0 Å². The molecular weight excluding hydrogens is 250 g/mol. The van der Waals surface area contributed by atoms with Gasteiger partial charge in [0.1, 0.15) is 12.4 Å². The number of benzene rings is 1. The maximum Gasteiger partial charge on any atom is 0.132 e. The molecule has 4 nitrogen and oxygen atoms in total. The molecule has 0 radical (unpaired) electrons. The molecule has 1 N–H and O–H groups in total. The normalized spacial score (nSPS) is 15.4. The topological polar surface area (TPSA) is 39.1 Å². The first-order chi connectivity index (χ1) is 9.85. The Morgan fingerprint density at radius 2 is 1.95 bits per heavy atom. The number of nitrogens with zero attached hydrogens (tertiary/aromatic N) is 2. The van der Waals surface area contributed by atoms with Gasteiger partial charge in [0.05, 0.1) is 11.7 Å². The first kappa shape index (κ1) is 13.0. The van der Waals surface area contributed by atoms with E-state index in [1.54, 1.807) is 0 Å². The molecule has 0 aliphatic heterocycles. The number of ether oxygens (including phenoxy) is 1. The predicted octanol–water partition coefficient (Wildman–Crippen LogP) is 3.62. The number of aromatic nitrogens is 2. The van der Waals surface area contributed by atoms with Crippen LogP contribution in [-0.4, -0.2) is 16.8 Å². The minimum absolute atomic E-state index is 0.526. The SMILES string of the molecule is CNc1ccc(OCc2ccn(C3CCCC3)n2)cc1. The smallest absolute Gasteiger partial charge is 0.132 e. The zero-order chi connectivity index (χ0) is 13.8. The van der Waals surface area contributed by atoms with Crippen LogP contribution in [0.15, 0.2) is 36.5 Å². The Hall–Kier alpha value is -1.97. The second-order valence-corrected chi connectivity index (χ2v) is 5.29. The quantitative estimate of drug-likeness (QED) is 0.902. The molecular formula is C16H21N3O. The number of hydrogen-bond donors (Lipinski definition) is 1. The maximum absolute atomic E-state index is 5.76. The molecule has 1 aromatic heterocycles. The second kappa shape index (κ2) is 5.99. The average molecular weight is 271 g/mol. The van der Waals surface area contributed by atoms with Gasteiger partial charge in [-0.15, -0.1) is 0 Å². The van der Waals surface area contributed by atoms with Crippen LogP contribution in [0.4, 0.5) is 5.69 Å². The van der Waals surface area contributed by atoms with E-state index in [2.05, 4.69) is 27.4 Å². The van der Waals surface area contributed by atoms with Crippen molar-refractivity contribution in [3.8, 4) is 5.75 Å². The van der Waals surface area contributed by atoms with Crippen LogP contribution in [0.2, 0.25) is 0 Å². The molecule has 1 aliphatic carbocycles. The highest BCUT2D eigenvalue weighted by Gasteiger charge is 2.17. The molecule has 106 valence electrons. The van der Waals surface area contributed by atoms with Gasteiger partial charge in [-0.05, 0) is 43.2 Å². The van der Waals surface area contributed by atoms with Crippen LogP contribution in [0, 0.1) is 0 Å². The zero-order valence-corrected chi connectivity index (χ0v) is 11.9. The Kier molecular flexibility index (Phi) is 3.90. The summed E-state index contributed by atoms with van der Waals surface area (Å²) in [5, 5.41) is 7.71. The minimum atomic E-state index is 0.526. The van der Waals surface area contributed by atoms with Crippen LogP contribution in [0.25, 0.3) is 0 Å². The van der Waals surface area contributed by atoms with E-state index in [-0.39, 0.29) is 0 Å². The van der Waals surface area contributed by atoms with Gasteiger partial charge in [0, 0.05) is 18.9 Å². The van der Waals surface area contributed by atoms with E-state index in [1.807, 2.05) is 31.3 Å². The summed E-state index contributed by atoms with van der Waals surface area (Å²) in [5.74, 6) is 0.874.